The van der Waals surface area contributed by atoms with Crippen LogP contribution in [0.4, 0.5) is 11.5 Å². The maximum absolute atomic E-state index is 6.16. The van der Waals surface area contributed by atoms with Crippen LogP contribution in [-0.4, -0.2) is 42.6 Å². The molecule has 0 saturated carbocycles. The second-order valence-electron chi connectivity index (χ2n) is 4.40. The first-order valence-electron chi connectivity index (χ1n) is 6.09. The van der Waals surface area contributed by atoms with Crippen molar-refractivity contribution in [2.24, 2.45) is 0 Å². The van der Waals surface area contributed by atoms with Gasteiger partial charge in [0.15, 0.2) is 0 Å². The summed E-state index contributed by atoms with van der Waals surface area (Å²) in [6.07, 6.45) is 2.88. The van der Waals surface area contributed by atoms with Crippen molar-refractivity contribution in [2.75, 3.05) is 43.4 Å². The Balaban J connectivity index is 2.00. The zero-order valence-corrected chi connectivity index (χ0v) is 11.0. The second kappa shape index (κ2) is 5.56. The number of anilines is 2. The number of hydrogen-bond acceptors (Lipinski definition) is 4. The van der Waals surface area contributed by atoms with E-state index in [9.17, 15) is 0 Å². The number of nitrogens with two attached hydrogens (primary N) is 1. The summed E-state index contributed by atoms with van der Waals surface area (Å²) in [6.45, 7) is 7.52. The monoisotopic (exact) mass is 254 g/mol. The van der Waals surface area contributed by atoms with Crippen LogP contribution < -0.4 is 10.6 Å². The summed E-state index contributed by atoms with van der Waals surface area (Å²) in [5.41, 5.74) is 6.26. The van der Waals surface area contributed by atoms with Crippen molar-refractivity contribution >= 4 is 23.1 Å². The Bertz CT molecular complexity index is 375. The molecule has 2 N–H and O–H groups in total. The van der Waals surface area contributed by atoms with Gasteiger partial charge in [0.2, 0.25) is 0 Å². The molecule has 0 radical (unpaired) electrons. The van der Waals surface area contributed by atoms with Crippen LogP contribution in [0.5, 0.6) is 0 Å². The van der Waals surface area contributed by atoms with Gasteiger partial charge in [0.1, 0.15) is 5.82 Å². The average Bonchev–Trinajstić information content (AvgIpc) is 2.31. The van der Waals surface area contributed by atoms with Crippen molar-refractivity contribution in [3.63, 3.8) is 0 Å². The third-order valence-corrected chi connectivity index (χ3v) is 3.33. The van der Waals surface area contributed by atoms with Crippen LogP contribution in [0.3, 0.4) is 0 Å². The molecule has 0 amide bonds. The topological polar surface area (TPSA) is 45.4 Å². The molecular formula is C12H19ClN4. The van der Waals surface area contributed by atoms with Crippen LogP contribution in [0.1, 0.15) is 13.3 Å². The molecule has 0 aromatic carbocycles. The SMILES string of the molecule is CCCN1CCN(c2ncc(N)cc2Cl)CC1. The van der Waals surface area contributed by atoms with Crippen molar-refractivity contribution in [2.45, 2.75) is 13.3 Å². The Hall–Kier alpha value is -1.00. The summed E-state index contributed by atoms with van der Waals surface area (Å²) in [4.78, 5) is 9.03. The summed E-state index contributed by atoms with van der Waals surface area (Å²) in [7, 11) is 0. The molecule has 0 bridgehead atoms. The number of nitrogens with zero attached hydrogens (tertiary/aromatic N) is 3. The lowest BCUT2D eigenvalue weighted by Crippen LogP contribution is -2.46. The first-order valence-corrected chi connectivity index (χ1v) is 6.47. The van der Waals surface area contributed by atoms with Gasteiger partial charge in [0.25, 0.3) is 0 Å². The average molecular weight is 255 g/mol. The minimum atomic E-state index is 0.614. The summed E-state index contributed by atoms with van der Waals surface area (Å²) in [5.74, 6) is 0.858. The summed E-state index contributed by atoms with van der Waals surface area (Å²) >= 11 is 6.16. The van der Waals surface area contributed by atoms with Gasteiger partial charge in [-0.15, -0.1) is 0 Å². The molecule has 2 rings (SSSR count). The maximum atomic E-state index is 6.16. The molecule has 5 heteroatoms. The van der Waals surface area contributed by atoms with Gasteiger partial charge in [-0.05, 0) is 19.0 Å². The van der Waals surface area contributed by atoms with E-state index in [-0.39, 0.29) is 0 Å². The molecule has 0 unspecified atom stereocenters. The van der Waals surface area contributed by atoms with Gasteiger partial charge in [-0.2, -0.15) is 0 Å². The highest BCUT2D eigenvalue weighted by Crippen LogP contribution is 2.25. The number of nitrogen functional groups attached to an aromatic ring is 1. The van der Waals surface area contributed by atoms with Crippen molar-refractivity contribution in [1.82, 2.24) is 9.88 Å². The number of halogens is 1. The zero-order chi connectivity index (χ0) is 12.3. The zero-order valence-electron chi connectivity index (χ0n) is 10.2. The second-order valence-corrected chi connectivity index (χ2v) is 4.81. The fraction of sp³-hybridized carbons (Fsp3) is 0.583. The molecule has 0 atom stereocenters. The maximum Gasteiger partial charge on any atom is 0.147 e. The molecule has 1 aromatic heterocycles. The van der Waals surface area contributed by atoms with Crippen LogP contribution in [0, 0.1) is 0 Å². The standard InChI is InChI=1S/C12H19ClN4/c1-2-3-16-4-6-17(7-5-16)12-11(13)8-10(14)9-15-12/h8-9H,2-7,14H2,1H3. The van der Waals surface area contributed by atoms with Crippen LogP contribution in [0.25, 0.3) is 0 Å². The fourth-order valence-corrected chi connectivity index (χ4v) is 2.47. The van der Waals surface area contributed by atoms with E-state index in [0.29, 0.717) is 10.7 Å². The first kappa shape index (κ1) is 12.5. The van der Waals surface area contributed by atoms with Crippen molar-refractivity contribution in [1.29, 1.82) is 0 Å². The predicted octanol–water partition coefficient (Wildman–Crippen LogP) is 1.85. The van der Waals surface area contributed by atoms with E-state index in [4.69, 9.17) is 17.3 Å². The molecule has 17 heavy (non-hydrogen) atoms. The summed E-state index contributed by atoms with van der Waals surface area (Å²) in [6, 6.07) is 1.77. The van der Waals surface area contributed by atoms with E-state index in [1.807, 2.05) is 0 Å². The Morgan fingerprint density at radius 3 is 2.65 bits per heavy atom. The van der Waals surface area contributed by atoms with Crippen LogP contribution in [0.2, 0.25) is 5.02 Å². The van der Waals surface area contributed by atoms with Gasteiger partial charge < -0.3 is 10.6 Å². The number of aromatic nitrogens is 1. The molecule has 1 fully saturated rings. The Kier molecular flexibility index (Phi) is 4.07. The van der Waals surface area contributed by atoms with Crippen molar-refractivity contribution in [3.05, 3.63) is 17.3 Å². The highest BCUT2D eigenvalue weighted by atomic mass is 35.5. The van der Waals surface area contributed by atoms with Gasteiger partial charge in [0, 0.05) is 26.2 Å². The molecule has 0 aliphatic carbocycles. The van der Waals surface area contributed by atoms with Crippen LogP contribution in [0.15, 0.2) is 12.3 Å². The molecule has 94 valence electrons. The quantitative estimate of drug-likeness (QED) is 0.894. The largest absolute Gasteiger partial charge is 0.397 e. The lowest BCUT2D eigenvalue weighted by atomic mass is 10.3. The molecule has 4 nitrogen and oxygen atoms in total. The molecule has 0 spiro atoms. The minimum Gasteiger partial charge on any atom is -0.397 e. The highest BCUT2D eigenvalue weighted by molar-refractivity contribution is 6.33. The van der Waals surface area contributed by atoms with Gasteiger partial charge >= 0.3 is 0 Å². The van der Waals surface area contributed by atoms with Gasteiger partial charge in [-0.1, -0.05) is 18.5 Å². The van der Waals surface area contributed by atoms with E-state index in [1.165, 1.54) is 13.0 Å². The highest BCUT2D eigenvalue weighted by Gasteiger charge is 2.19. The predicted molar refractivity (Wildman–Crippen MR) is 72.6 cm³/mol. The smallest absolute Gasteiger partial charge is 0.147 e. The van der Waals surface area contributed by atoms with Gasteiger partial charge in [-0.3, -0.25) is 4.90 Å². The van der Waals surface area contributed by atoms with E-state index < -0.39 is 0 Å². The van der Waals surface area contributed by atoms with E-state index in [2.05, 4.69) is 21.7 Å². The summed E-state index contributed by atoms with van der Waals surface area (Å²) in [5, 5.41) is 0.647. The number of hydrogen-bond donors (Lipinski definition) is 1. The van der Waals surface area contributed by atoms with Crippen molar-refractivity contribution < 1.29 is 0 Å². The Morgan fingerprint density at radius 2 is 2.06 bits per heavy atom. The van der Waals surface area contributed by atoms with Crippen LogP contribution >= 0.6 is 11.6 Å². The van der Waals surface area contributed by atoms with Crippen LogP contribution in [-0.2, 0) is 0 Å². The first-order chi connectivity index (χ1) is 8.20. The lowest BCUT2D eigenvalue weighted by Gasteiger charge is -2.35. The summed E-state index contributed by atoms with van der Waals surface area (Å²) < 4.78 is 0. The van der Waals surface area contributed by atoms with Gasteiger partial charge in [0.05, 0.1) is 16.9 Å². The van der Waals surface area contributed by atoms with Gasteiger partial charge in [-0.25, -0.2) is 4.98 Å². The van der Waals surface area contributed by atoms with E-state index in [0.717, 1.165) is 32.0 Å². The molecule has 1 aliphatic heterocycles. The number of piperazine rings is 1. The Labute approximate surface area is 107 Å². The third kappa shape index (κ3) is 3.01. The molecule has 1 saturated heterocycles. The molecule has 1 aliphatic rings. The van der Waals surface area contributed by atoms with E-state index in [1.54, 1.807) is 12.3 Å². The lowest BCUT2D eigenvalue weighted by molar-refractivity contribution is 0.258. The van der Waals surface area contributed by atoms with Crippen molar-refractivity contribution in [3.8, 4) is 0 Å². The molecular weight excluding hydrogens is 236 g/mol. The number of rotatable bonds is 3. The molecule has 1 aromatic rings. The Morgan fingerprint density at radius 1 is 1.35 bits per heavy atom. The van der Waals surface area contributed by atoms with E-state index >= 15 is 0 Å². The number of pyridine rings is 1. The third-order valence-electron chi connectivity index (χ3n) is 3.05. The minimum absolute atomic E-state index is 0.614. The normalized spacial score (nSPS) is 17.4. The fourth-order valence-electron chi connectivity index (χ4n) is 2.18. The molecule has 2 heterocycles.